The van der Waals surface area contributed by atoms with E-state index in [1.165, 1.54) is 0 Å². The first-order valence-corrected chi connectivity index (χ1v) is 6.43. The Morgan fingerprint density at radius 1 is 1.06 bits per heavy atom. The Balaban J connectivity index is 2.35. The zero-order valence-electron chi connectivity index (χ0n) is 8.53. The number of nitrogens with zero attached hydrogens (tertiary/aromatic N) is 1. The third-order valence-corrected chi connectivity index (χ3v) is 3.42. The monoisotopic (exact) mass is 341 g/mol. The van der Waals surface area contributed by atoms with E-state index in [-0.39, 0.29) is 0 Å². The lowest BCUT2D eigenvalue weighted by molar-refractivity contribution is -0.688. The number of anilines is 1. The molecule has 1 aromatic heterocycles. The Labute approximate surface area is 111 Å². The molecule has 0 aliphatic heterocycles. The molecular weight excluding hydrogens is 332 g/mol. The van der Waals surface area contributed by atoms with Gasteiger partial charge in [0, 0.05) is 26.6 Å². The second kappa shape index (κ2) is 4.97. The smallest absolute Gasteiger partial charge is 0.175 e. The van der Waals surface area contributed by atoms with Gasteiger partial charge in [0.25, 0.3) is 0 Å². The fourth-order valence-corrected chi connectivity index (χ4v) is 2.82. The van der Waals surface area contributed by atoms with Crippen LogP contribution in [0.4, 0.5) is 5.69 Å². The van der Waals surface area contributed by atoms with E-state index in [1.807, 2.05) is 42.7 Å². The molecule has 0 atom stereocenters. The van der Waals surface area contributed by atoms with E-state index in [1.54, 1.807) is 0 Å². The lowest BCUT2D eigenvalue weighted by Crippen LogP contribution is -2.33. The van der Waals surface area contributed by atoms with Crippen molar-refractivity contribution in [2.75, 3.05) is 5.73 Å². The summed E-state index contributed by atoms with van der Waals surface area (Å²) in [5, 5.41) is 0. The van der Waals surface area contributed by atoms with Gasteiger partial charge in [-0.05, 0) is 28.1 Å². The first-order chi connectivity index (χ1) is 7.66. The second-order valence-electron chi connectivity index (χ2n) is 3.51. The van der Waals surface area contributed by atoms with Crippen molar-refractivity contribution in [3.05, 3.63) is 57.2 Å². The van der Waals surface area contributed by atoms with Gasteiger partial charge in [-0.1, -0.05) is 22.0 Å². The normalized spacial score (nSPS) is 10.4. The van der Waals surface area contributed by atoms with Gasteiger partial charge in [-0.2, -0.15) is 0 Å². The summed E-state index contributed by atoms with van der Waals surface area (Å²) in [6, 6.07) is 10.00. The molecule has 0 aliphatic rings. The van der Waals surface area contributed by atoms with Crippen molar-refractivity contribution >= 4 is 37.5 Å². The van der Waals surface area contributed by atoms with Crippen molar-refractivity contribution in [2.45, 2.75) is 6.54 Å². The van der Waals surface area contributed by atoms with Crippen LogP contribution in [0.1, 0.15) is 5.56 Å². The molecular formula is C12H11Br2N2+. The molecule has 1 aromatic carbocycles. The quantitative estimate of drug-likeness (QED) is 0.659. The fourth-order valence-electron chi connectivity index (χ4n) is 1.51. The van der Waals surface area contributed by atoms with Crippen LogP contribution in [0.15, 0.2) is 51.7 Å². The number of rotatable bonds is 2. The SMILES string of the molecule is Nc1c(Br)cc(Br)cc1C[n+]1ccccc1. The second-order valence-corrected chi connectivity index (χ2v) is 5.28. The molecule has 0 spiro atoms. The van der Waals surface area contributed by atoms with Crippen molar-refractivity contribution in [3.63, 3.8) is 0 Å². The molecule has 0 unspecified atom stereocenters. The van der Waals surface area contributed by atoms with Crippen molar-refractivity contribution in [1.82, 2.24) is 0 Å². The van der Waals surface area contributed by atoms with Gasteiger partial charge in [-0.15, -0.1) is 0 Å². The molecule has 0 saturated heterocycles. The lowest BCUT2D eigenvalue weighted by Gasteiger charge is -2.05. The van der Waals surface area contributed by atoms with Crippen LogP contribution >= 0.6 is 31.9 Å². The summed E-state index contributed by atoms with van der Waals surface area (Å²) in [4.78, 5) is 0. The van der Waals surface area contributed by atoms with E-state index in [9.17, 15) is 0 Å². The molecule has 2 N–H and O–H groups in total. The molecule has 1 heterocycles. The highest BCUT2D eigenvalue weighted by Crippen LogP contribution is 2.27. The molecule has 4 heteroatoms. The summed E-state index contributed by atoms with van der Waals surface area (Å²) >= 11 is 6.91. The average molecular weight is 343 g/mol. The molecule has 0 fully saturated rings. The molecule has 0 bridgehead atoms. The number of hydrogen-bond acceptors (Lipinski definition) is 1. The van der Waals surface area contributed by atoms with Crippen LogP contribution in [-0.2, 0) is 6.54 Å². The third-order valence-electron chi connectivity index (χ3n) is 2.31. The van der Waals surface area contributed by atoms with E-state index in [4.69, 9.17) is 5.73 Å². The summed E-state index contributed by atoms with van der Waals surface area (Å²) in [5.41, 5.74) is 7.90. The maximum Gasteiger partial charge on any atom is 0.175 e. The van der Waals surface area contributed by atoms with Gasteiger partial charge in [0.05, 0.1) is 5.69 Å². The maximum absolute atomic E-state index is 6.02. The average Bonchev–Trinajstić information content (AvgIpc) is 2.27. The Bertz CT molecular complexity index is 498. The number of pyridine rings is 1. The van der Waals surface area contributed by atoms with Gasteiger partial charge in [-0.25, -0.2) is 4.57 Å². The van der Waals surface area contributed by atoms with Crippen LogP contribution in [0.2, 0.25) is 0 Å². The number of aromatic nitrogens is 1. The molecule has 0 radical (unpaired) electrons. The Kier molecular flexibility index (Phi) is 3.61. The topological polar surface area (TPSA) is 29.9 Å². The van der Waals surface area contributed by atoms with Gasteiger partial charge < -0.3 is 5.73 Å². The van der Waals surface area contributed by atoms with E-state index < -0.39 is 0 Å². The standard InChI is InChI=1S/C12H11Br2N2/c13-10-6-9(12(15)11(14)7-10)8-16-4-2-1-3-5-16/h1-7H,8,15H2/q+1. The maximum atomic E-state index is 6.02. The van der Waals surface area contributed by atoms with Gasteiger partial charge in [0.15, 0.2) is 18.9 Å². The minimum atomic E-state index is 0.769. The van der Waals surface area contributed by atoms with Gasteiger partial charge in [-0.3, -0.25) is 0 Å². The van der Waals surface area contributed by atoms with Crippen LogP contribution in [-0.4, -0.2) is 0 Å². The van der Waals surface area contributed by atoms with Crippen LogP contribution in [0.3, 0.4) is 0 Å². The zero-order chi connectivity index (χ0) is 11.5. The Morgan fingerprint density at radius 2 is 1.75 bits per heavy atom. The van der Waals surface area contributed by atoms with E-state index >= 15 is 0 Å². The van der Waals surface area contributed by atoms with Crippen LogP contribution in [0, 0.1) is 0 Å². The number of nitrogen functional groups attached to an aromatic ring is 1. The lowest BCUT2D eigenvalue weighted by atomic mass is 10.2. The van der Waals surface area contributed by atoms with E-state index in [0.717, 1.165) is 26.7 Å². The number of benzene rings is 1. The number of halogens is 2. The van der Waals surface area contributed by atoms with E-state index in [2.05, 4.69) is 36.4 Å². The molecule has 2 aromatic rings. The Hall–Kier alpha value is -0.870. The van der Waals surface area contributed by atoms with E-state index in [0.29, 0.717) is 0 Å². The highest BCUT2D eigenvalue weighted by atomic mass is 79.9. The Morgan fingerprint density at radius 3 is 2.44 bits per heavy atom. The number of nitrogens with two attached hydrogens (primary N) is 1. The first kappa shape index (κ1) is 11.6. The van der Waals surface area contributed by atoms with Crippen molar-refractivity contribution in [2.24, 2.45) is 0 Å². The molecule has 16 heavy (non-hydrogen) atoms. The summed E-state index contributed by atoms with van der Waals surface area (Å²) in [5.74, 6) is 0. The predicted octanol–water partition coefficient (Wildman–Crippen LogP) is 3.13. The summed E-state index contributed by atoms with van der Waals surface area (Å²) in [6.45, 7) is 0.769. The van der Waals surface area contributed by atoms with Crippen molar-refractivity contribution in [1.29, 1.82) is 0 Å². The predicted molar refractivity (Wildman–Crippen MR) is 72.0 cm³/mol. The molecule has 0 saturated carbocycles. The van der Waals surface area contributed by atoms with Crippen LogP contribution < -0.4 is 10.3 Å². The van der Waals surface area contributed by atoms with Crippen molar-refractivity contribution in [3.8, 4) is 0 Å². The molecule has 82 valence electrons. The van der Waals surface area contributed by atoms with Crippen LogP contribution in [0.5, 0.6) is 0 Å². The summed E-state index contributed by atoms with van der Waals surface area (Å²) in [6.07, 6.45) is 4.04. The highest BCUT2D eigenvalue weighted by molar-refractivity contribution is 9.11. The van der Waals surface area contributed by atoms with Crippen LogP contribution in [0.25, 0.3) is 0 Å². The molecule has 0 aliphatic carbocycles. The minimum Gasteiger partial charge on any atom is -0.397 e. The van der Waals surface area contributed by atoms with Crippen molar-refractivity contribution < 1.29 is 4.57 Å². The third kappa shape index (κ3) is 2.62. The summed E-state index contributed by atoms with van der Waals surface area (Å²) in [7, 11) is 0. The highest BCUT2D eigenvalue weighted by Gasteiger charge is 2.09. The molecule has 2 nitrogen and oxygen atoms in total. The first-order valence-electron chi connectivity index (χ1n) is 4.84. The summed E-state index contributed by atoms with van der Waals surface area (Å²) < 4.78 is 4.04. The van der Waals surface area contributed by atoms with Gasteiger partial charge >= 0.3 is 0 Å². The molecule has 0 amide bonds. The van der Waals surface area contributed by atoms with Gasteiger partial charge in [0.2, 0.25) is 0 Å². The molecule has 2 rings (SSSR count). The van der Waals surface area contributed by atoms with Gasteiger partial charge in [0.1, 0.15) is 0 Å². The number of hydrogen-bond donors (Lipinski definition) is 1. The zero-order valence-corrected chi connectivity index (χ0v) is 11.7. The largest absolute Gasteiger partial charge is 0.397 e. The fraction of sp³-hybridized carbons (Fsp3) is 0.0833. The minimum absolute atomic E-state index is 0.769.